The Morgan fingerprint density at radius 3 is 2.62 bits per heavy atom. The number of aliphatic hydroxyl groups is 2. The van der Waals surface area contributed by atoms with Crippen LogP contribution in [0, 0.1) is 0 Å². The summed E-state index contributed by atoms with van der Waals surface area (Å²) in [7, 11) is 1.51. The Kier molecular flexibility index (Phi) is 4.95. The molecule has 0 rings (SSSR count). The van der Waals surface area contributed by atoms with Crippen molar-refractivity contribution in [1.82, 2.24) is 0 Å². The number of methoxy groups -OCH3 is 1. The molecular weight excluding hydrogens is 108 g/mol. The summed E-state index contributed by atoms with van der Waals surface area (Å²) in [6.45, 7) is 0.324. The van der Waals surface area contributed by atoms with Gasteiger partial charge in [0.15, 0.2) is 0 Å². The summed E-state index contributed by atoms with van der Waals surface area (Å²) < 4.78 is 4.60. The Balaban J connectivity index is 2.92. The largest absolute Gasteiger partial charge is 0.396 e. The van der Waals surface area contributed by atoms with E-state index in [-0.39, 0.29) is 6.61 Å². The molecule has 0 aromatic carbocycles. The Labute approximate surface area is 48.9 Å². The maximum atomic E-state index is 8.76. The molecule has 3 nitrogen and oxygen atoms in total. The topological polar surface area (TPSA) is 49.7 Å². The van der Waals surface area contributed by atoms with Crippen LogP contribution in [0.2, 0.25) is 0 Å². The van der Waals surface area contributed by atoms with Gasteiger partial charge in [0, 0.05) is 13.7 Å². The van der Waals surface area contributed by atoms with Crippen molar-refractivity contribution >= 4 is 0 Å². The molecule has 0 heterocycles. The fraction of sp³-hybridized carbons (Fsp3) is 1.00. The zero-order valence-corrected chi connectivity index (χ0v) is 5.00. The number of hydrogen-bond donors (Lipinski definition) is 2. The maximum Gasteiger partial charge on any atom is 0.0795 e. The fourth-order valence-corrected chi connectivity index (χ4v) is 0.425. The Morgan fingerprint density at radius 1 is 1.62 bits per heavy atom. The summed E-state index contributed by atoms with van der Waals surface area (Å²) in [5, 5.41) is 17.0. The van der Waals surface area contributed by atoms with Crippen LogP contribution in [0.4, 0.5) is 0 Å². The molecule has 8 heavy (non-hydrogen) atoms. The van der Waals surface area contributed by atoms with E-state index in [0.717, 1.165) is 0 Å². The first-order valence-electron chi connectivity index (χ1n) is 2.59. The van der Waals surface area contributed by atoms with Crippen molar-refractivity contribution < 1.29 is 14.9 Å². The minimum atomic E-state index is -0.509. The van der Waals surface area contributed by atoms with Crippen LogP contribution in [0.25, 0.3) is 0 Å². The van der Waals surface area contributed by atoms with E-state index in [1.165, 1.54) is 7.11 Å². The van der Waals surface area contributed by atoms with Crippen LogP contribution in [-0.2, 0) is 4.74 Å². The van der Waals surface area contributed by atoms with Gasteiger partial charge in [-0.05, 0) is 6.42 Å². The van der Waals surface area contributed by atoms with Gasteiger partial charge in [-0.2, -0.15) is 0 Å². The summed E-state index contributed by atoms with van der Waals surface area (Å²) in [6.07, 6.45) is -0.113. The number of ether oxygens (including phenoxy) is 1. The van der Waals surface area contributed by atoms with E-state index >= 15 is 0 Å². The summed E-state index contributed by atoms with van der Waals surface area (Å²) in [5.74, 6) is 0. The van der Waals surface area contributed by atoms with Crippen molar-refractivity contribution in [3.05, 3.63) is 0 Å². The van der Waals surface area contributed by atoms with Crippen LogP contribution < -0.4 is 0 Å². The molecule has 0 fully saturated rings. The molecule has 0 aliphatic rings. The molecule has 0 spiro atoms. The lowest BCUT2D eigenvalue weighted by Gasteiger charge is -2.04. The van der Waals surface area contributed by atoms with Crippen LogP contribution in [-0.4, -0.2) is 36.6 Å². The second kappa shape index (κ2) is 5.03. The second-order valence-corrected chi connectivity index (χ2v) is 1.62. The zero-order chi connectivity index (χ0) is 6.41. The Hall–Kier alpha value is -0.120. The molecule has 0 saturated carbocycles. The van der Waals surface area contributed by atoms with Crippen molar-refractivity contribution in [3.8, 4) is 0 Å². The highest BCUT2D eigenvalue weighted by Gasteiger charge is 1.99. The molecule has 0 aromatic rings. The Bertz CT molecular complexity index is 40.9. The third-order valence-electron chi connectivity index (χ3n) is 0.821. The van der Waals surface area contributed by atoms with Crippen molar-refractivity contribution in [2.24, 2.45) is 0 Å². The van der Waals surface area contributed by atoms with Gasteiger partial charge in [-0.15, -0.1) is 0 Å². The first-order chi connectivity index (χ1) is 3.81. The molecule has 50 valence electrons. The quantitative estimate of drug-likeness (QED) is 0.519. The molecule has 0 aliphatic carbocycles. The van der Waals surface area contributed by atoms with E-state index in [4.69, 9.17) is 10.2 Å². The first kappa shape index (κ1) is 7.88. The third kappa shape index (κ3) is 4.05. The van der Waals surface area contributed by atoms with Crippen LogP contribution >= 0.6 is 0 Å². The predicted molar refractivity (Wildman–Crippen MR) is 29.6 cm³/mol. The first-order valence-corrected chi connectivity index (χ1v) is 2.59. The molecular formula is C5H12O3. The number of aliphatic hydroxyl groups excluding tert-OH is 2. The minimum Gasteiger partial charge on any atom is -0.396 e. The van der Waals surface area contributed by atoms with E-state index in [2.05, 4.69) is 4.74 Å². The lowest BCUT2D eigenvalue weighted by Crippen LogP contribution is -2.14. The smallest absolute Gasteiger partial charge is 0.0795 e. The highest BCUT2D eigenvalue weighted by Crippen LogP contribution is 1.88. The summed E-state index contributed by atoms with van der Waals surface area (Å²) >= 11 is 0. The SMILES string of the molecule is COC[C@@H](O)CCO. The second-order valence-electron chi connectivity index (χ2n) is 1.62. The van der Waals surface area contributed by atoms with Crippen LogP contribution in [0.3, 0.4) is 0 Å². The van der Waals surface area contributed by atoms with E-state index in [0.29, 0.717) is 13.0 Å². The normalized spacial score (nSPS) is 13.9. The van der Waals surface area contributed by atoms with Crippen LogP contribution in [0.5, 0.6) is 0 Å². The van der Waals surface area contributed by atoms with Gasteiger partial charge in [0.2, 0.25) is 0 Å². The molecule has 3 heteroatoms. The van der Waals surface area contributed by atoms with E-state index in [1.807, 2.05) is 0 Å². The van der Waals surface area contributed by atoms with Gasteiger partial charge in [-0.3, -0.25) is 0 Å². The highest BCUT2D eigenvalue weighted by atomic mass is 16.5. The van der Waals surface area contributed by atoms with Gasteiger partial charge < -0.3 is 14.9 Å². The van der Waals surface area contributed by atoms with Gasteiger partial charge in [0.25, 0.3) is 0 Å². The van der Waals surface area contributed by atoms with E-state index in [9.17, 15) is 0 Å². The average Bonchev–Trinajstić information content (AvgIpc) is 1.68. The lowest BCUT2D eigenvalue weighted by molar-refractivity contribution is 0.0476. The van der Waals surface area contributed by atoms with Crippen molar-refractivity contribution in [2.45, 2.75) is 12.5 Å². The van der Waals surface area contributed by atoms with Gasteiger partial charge >= 0.3 is 0 Å². The predicted octanol–water partition coefficient (Wildman–Crippen LogP) is -0.624. The zero-order valence-electron chi connectivity index (χ0n) is 5.00. The Morgan fingerprint density at radius 2 is 2.25 bits per heavy atom. The summed E-state index contributed by atoms with van der Waals surface area (Å²) in [4.78, 5) is 0. The number of rotatable bonds is 4. The van der Waals surface area contributed by atoms with Crippen LogP contribution in [0.1, 0.15) is 6.42 Å². The third-order valence-corrected chi connectivity index (χ3v) is 0.821. The van der Waals surface area contributed by atoms with Crippen molar-refractivity contribution in [1.29, 1.82) is 0 Å². The summed E-state index contributed by atoms with van der Waals surface area (Å²) in [5.41, 5.74) is 0. The molecule has 0 aliphatic heterocycles. The molecule has 0 unspecified atom stereocenters. The van der Waals surface area contributed by atoms with E-state index in [1.54, 1.807) is 0 Å². The lowest BCUT2D eigenvalue weighted by atomic mass is 10.3. The van der Waals surface area contributed by atoms with Crippen molar-refractivity contribution in [2.75, 3.05) is 20.3 Å². The van der Waals surface area contributed by atoms with Crippen molar-refractivity contribution in [3.63, 3.8) is 0 Å². The standard InChI is InChI=1S/C5H12O3/c1-8-4-5(7)2-3-6/h5-7H,2-4H2,1H3/t5-/m0/s1. The fourth-order valence-electron chi connectivity index (χ4n) is 0.425. The van der Waals surface area contributed by atoms with Gasteiger partial charge in [-0.25, -0.2) is 0 Å². The minimum absolute atomic E-state index is 0.0184. The molecule has 0 bridgehead atoms. The average molecular weight is 120 g/mol. The summed E-state index contributed by atoms with van der Waals surface area (Å²) in [6, 6.07) is 0. The molecule has 0 saturated heterocycles. The number of hydrogen-bond acceptors (Lipinski definition) is 3. The molecule has 0 aromatic heterocycles. The highest BCUT2D eigenvalue weighted by molar-refractivity contribution is 4.49. The van der Waals surface area contributed by atoms with Gasteiger partial charge in [-0.1, -0.05) is 0 Å². The van der Waals surface area contributed by atoms with Gasteiger partial charge in [0.1, 0.15) is 0 Å². The molecule has 2 N–H and O–H groups in total. The van der Waals surface area contributed by atoms with E-state index < -0.39 is 6.10 Å². The maximum absolute atomic E-state index is 8.76. The monoisotopic (exact) mass is 120 g/mol. The molecule has 0 radical (unpaired) electrons. The molecule has 0 amide bonds. The van der Waals surface area contributed by atoms with Gasteiger partial charge in [0.05, 0.1) is 12.7 Å². The molecule has 1 atom stereocenters. The van der Waals surface area contributed by atoms with Crippen LogP contribution in [0.15, 0.2) is 0 Å².